The minimum atomic E-state index is -0.120. The molecule has 2 aliphatic rings. The van der Waals surface area contributed by atoms with Crippen LogP contribution in [0.4, 0.5) is 28.4 Å². The van der Waals surface area contributed by atoms with Crippen LogP contribution in [-0.2, 0) is 10.8 Å². The predicted molar refractivity (Wildman–Crippen MR) is 387 cm³/mol. The lowest BCUT2D eigenvalue weighted by atomic mass is 9.82. The molecule has 4 nitrogen and oxygen atoms in total. The molecule has 0 unspecified atom stereocenters. The first-order chi connectivity index (χ1) is 44.6. The number of hydrogen-bond acceptors (Lipinski definition) is 4. The average molecular weight is 1240 g/mol. The van der Waals surface area contributed by atoms with Gasteiger partial charge in [-0.25, -0.2) is 0 Å². The number of nitrogens with one attached hydrogen (secondary N) is 1. The fraction of sp³-hybridized carbons (Fsp3) is 0.0698. The third-order valence-electron chi connectivity index (χ3n) is 18.9. The van der Waals surface area contributed by atoms with Crippen molar-refractivity contribution in [1.29, 1.82) is 0 Å². The summed E-state index contributed by atoms with van der Waals surface area (Å²) in [5, 5.41) is 13.0. The van der Waals surface area contributed by atoms with Gasteiger partial charge < -0.3 is 19.1 Å². The largest absolute Gasteiger partial charge is 0.454 e. The molecule has 0 radical (unpaired) electrons. The fourth-order valence-electron chi connectivity index (χ4n) is 14.5. The van der Waals surface area contributed by atoms with E-state index in [2.05, 4.69) is 339 Å². The van der Waals surface area contributed by atoms with Gasteiger partial charge in [-0.1, -0.05) is 298 Å². The van der Waals surface area contributed by atoms with Gasteiger partial charge in [-0.2, -0.15) is 0 Å². The Balaban J connectivity index is 0.000000123. The first-order valence-electron chi connectivity index (χ1n) is 31.3. The Kier molecular flexibility index (Phi) is 13.7. The van der Waals surface area contributed by atoms with Gasteiger partial charge in [0, 0.05) is 64.8 Å². The number of benzene rings is 14. The molecule has 2 aliphatic carbocycles. The van der Waals surface area contributed by atoms with Crippen LogP contribution in [0.3, 0.4) is 0 Å². The molecule has 2 heterocycles. The van der Waals surface area contributed by atoms with E-state index in [0.717, 1.165) is 77.9 Å². The zero-order valence-corrected chi connectivity index (χ0v) is 52.6. The molecule has 0 fully saturated rings. The number of furan rings is 2. The topological polar surface area (TPSA) is 41.6 Å². The predicted octanol–water partition coefficient (Wildman–Crippen LogP) is 25.1. The molecular weight excluding hydrogens is 1170 g/mol. The normalized spacial score (nSPS) is 13.1. The zero-order valence-electron chi connectivity index (χ0n) is 51.0. The summed E-state index contributed by atoms with van der Waals surface area (Å²) in [7, 11) is 0. The molecule has 14 aromatic carbocycles. The minimum Gasteiger partial charge on any atom is -0.454 e. The lowest BCUT2D eigenvalue weighted by Gasteiger charge is -2.31. The van der Waals surface area contributed by atoms with Crippen LogP contribution in [0.25, 0.3) is 110 Å². The highest BCUT2D eigenvalue weighted by atomic mass is 79.9. The van der Waals surface area contributed by atoms with E-state index >= 15 is 0 Å². The van der Waals surface area contributed by atoms with Crippen molar-refractivity contribution in [1.82, 2.24) is 0 Å². The van der Waals surface area contributed by atoms with Gasteiger partial charge in [-0.15, -0.1) is 0 Å². The maximum absolute atomic E-state index is 6.85. The number of nitrogens with zero attached hydrogens (tertiary/aromatic N) is 1. The van der Waals surface area contributed by atoms with Gasteiger partial charge in [0.2, 0.25) is 0 Å². The van der Waals surface area contributed by atoms with E-state index in [1.165, 1.54) is 87.2 Å². The van der Waals surface area contributed by atoms with Gasteiger partial charge >= 0.3 is 0 Å². The van der Waals surface area contributed by atoms with Crippen molar-refractivity contribution >= 4 is 110 Å². The fourth-order valence-corrected chi connectivity index (χ4v) is 15.1. The molecule has 0 amide bonds. The Labute approximate surface area is 538 Å². The van der Waals surface area contributed by atoms with Crippen LogP contribution in [0.2, 0.25) is 0 Å². The van der Waals surface area contributed by atoms with Gasteiger partial charge in [0.25, 0.3) is 0 Å². The molecular formula is C86H63BrN2O2. The highest BCUT2D eigenvalue weighted by Crippen LogP contribution is 2.57. The quantitative estimate of drug-likeness (QED) is 0.173. The van der Waals surface area contributed by atoms with E-state index in [0.29, 0.717) is 0 Å². The smallest absolute Gasteiger partial charge is 0.160 e. The number of anilines is 5. The third-order valence-corrected chi connectivity index (χ3v) is 19.5. The summed E-state index contributed by atoms with van der Waals surface area (Å²) in [6, 6.07) is 108. The van der Waals surface area contributed by atoms with Crippen LogP contribution in [-0.4, -0.2) is 0 Å². The maximum Gasteiger partial charge on any atom is 0.160 e. The Bertz CT molecular complexity index is 5480. The van der Waals surface area contributed by atoms with Crippen molar-refractivity contribution in [2.75, 3.05) is 10.2 Å². The maximum atomic E-state index is 6.85. The number of halogens is 1. The van der Waals surface area contributed by atoms with E-state index in [1.807, 2.05) is 18.2 Å². The van der Waals surface area contributed by atoms with Gasteiger partial charge in [0.05, 0.1) is 22.7 Å². The lowest BCUT2D eigenvalue weighted by Crippen LogP contribution is -2.16. The van der Waals surface area contributed by atoms with E-state index < -0.39 is 0 Å². The number of fused-ring (bicyclic) bond motifs is 16. The lowest BCUT2D eigenvalue weighted by molar-refractivity contribution is 0.660. The molecule has 0 saturated heterocycles. The van der Waals surface area contributed by atoms with Crippen molar-refractivity contribution in [2.24, 2.45) is 0 Å². The highest BCUT2D eigenvalue weighted by Gasteiger charge is 2.39. The first-order valence-corrected chi connectivity index (χ1v) is 32.1. The number of hydrogen-bond donors (Lipinski definition) is 1. The summed E-state index contributed by atoms with van der Waals surface area (Å²) in [5.41, 5.74) is 24.4. The Morgan fingerprint density at radius 2 is 0.747 bits per heavy atom. The molecule has 5 heteroatoms. The van der Waals surface area contributed by atoms with Crippen LogP contribution in [0, 0.1) is 0 Å². The summed E-state index contributed by atoms with van der Waals surface area (Å²) >= 11 is 3.67. The van der Waals surface area contributed by atoms with Crippen molar-refractivity contribution < 1.29 is 8.83 Å². The van der Waals surface area contributed by atoms with E-state index in [4.69, 9.17) is 8.83 Å². The van der Waals surface area contributed by atoms with Crippen LogP contribution in [0.5, 0.6) is 0 Å². The monoisotopic (exact) mass is 1230 g/mol. The summed E-state index contributed by atoms with van der Waals surface area (Å²) in [6.07, 6.45) is 0. The van der Waals surface area contributed by atoms with Gasteiger partial charge in [0.1, 0.15) is 11.2 Å². The standard InChI is InChI=1S/C43H31NO.C28H19NO.C15H13Br/c1-43(2)34-22-11-8-20-32(34)41-35(43)23-14-25-37(41)44(36-24-12-9-18-30(36)28-15-4-3-5-16-28)38-27-29-17-6-7-19-31(29)40-33-21-10-13-26-39(33)45-42(38)40;1-2-10-19(11-3-1)21-13-6-8-16-24(21)29-25-18-20-12-4-5-14-22(20)27-23-15-7-9-17-26(23)30-28(25)27;1-15(2)11-7-4-3-6-10(11)14-12(15)8-5-9-13(14)16/h3-27H,1-2H3;1-18,29H;3-9H,1-2H3. The molecule has 0 aliphatic heterocycles. The molecule has 1 N–H and O–H groups in total. The van der Waals surface area contributed by atoms with Crippen molar-refractivity contribution in [2.45, 2.75) is 38.5 Å². The molecule has 0 bridgehead atoms. The van der Waals surface area contributed by atoms with Crippen molar-refractivity contribution in [3.8, 4) is 44.5 Å². The third kappa shape index (κ3) is 9.33. The Hall–Kier alpha value is -10.7. The molecule has 0 spiro atoms. The zero-order chi connectivity index (χ0) is 61.4. The Morgan fingerprint density at radius 3 is 1.38 bits per heavy atom. The summed E-state index contributed by atoms with van der Waals surface area (Å²) in [6.45, 7) is 9.28. The van der Waals surface area contributed by atoms with E-state index in [1.54, 1.807) is 0 Å². The number of para-hydroxylation sites is 4. The van der Waals surface area contributed by atoms with Crippen LogP contribution in [0.1, 0.15) is 49.9 Å². The SMILES string of the molecule is CC1(C)c2ccccc2-c2c(Br)cccc21.CC1(C)c2ccccc2-c2c(N(c3ccccc3-c3ccccc3)c3cc4ccccc4c4c3oc3ccccc34)cccc21.c1ccc(-c2ccccc2Nc2cc3ccccc3c3c2oc2ccccc23)cc1. The van der Waals surface area contributed by atoms with Gasteiger partial charge in [0.15, 0.2) is 11.2 Å². The van der Waals surface area contributed by atoms with E-state index in [9.17, 15) is 0 Å². The van der Waals surface area contributed by atoms with Crippen LogP contribution in [0.15, 0.2) is 317 Å². The minimum absolute atomic E-state index is 0.120. The summed E-state index contributed by atoms with van der Waals surface area (Å²) < 4.78 is 14.4. The molecule has 0 atom stereocenters. The second-order valence-corrected chi connectivity index (χ2v) is 25.7. The molecule has 16 aromatic rings. The average Bonchev–Trinajstić information content (AvgIpc) is 1.63. The van der Waals surface area contributed by atoms with Gasteiger partial charge in [-0.05, 0) is 115 Å². The molecule has 436 valence electrons. The Morgan fingerprint density at radius 1 is 0.319 bits per heavy atom. The van der Waals surface area contributed by atoms with Crippen LogP contribution >= 0.6 is 15.9 Å². The van der Waals surface area contributed by atoms with Crippen molar-refractivity contribution in [3.05, 3.63) is 330 Å². The molecule has 0 saturated carbocycles. The second kappa shape index (κ2) is 22.4. The molecule has 2 aromatic heterocycles. The van der Waals surface area contributed by atoms with Crippen LogP contribution < -0.4 is 10.2 Å². The first kappa shape index (κ1) is 55.6. The number of rotatable bonds is 7. The summed E-state index contributed by atoms with van der Waals surface area (Å²) in [4.78, 5) is 2.45. The van der Waals surface area contributed by atoms with Crippen molar-refractivity contribution in [3.63, 3.8) is 0 Å². The molecule has 18 rings (SSSR count). The van der Waals surface area contributed by atoms with E-state index in [-0.39, 0.29) is 10.8 Å². The highest BCUT2D eigenvalue weighted by molar-refractivity contribution is 9.10. The van der Waals surface area contributed by atoms with Gasteiger partial charge in [-0.3, -0.25) is 0 Å². The second-order valence-electron chi connectivity index (χ2n) is 24.8. The summed E-state index contributed by atoms with van der Waals surface area (Å²) in [5.74, 6) is 0. The molecule has 91 heavy (non-hydrogen) atoms.